The van der Waals surface area contributed by atoms with Gasteiger partial charge in [-0.3, -0.25) is 4.79 Å². The number of rotatable bonds is 6. The molecule has 0 bridgehead atoms. The normalized spacial score (nSPS) is 19.0. The van der Waals surface area contributed by atoms with E-state index in [-0.39, 0.29) is 30.1 Å². The predicted octanol–water partition coefficient (Wildman–Crippen LogP) is 2.64. The zero-order chi connectivity index (χ0) is 17.9. The van der Waals surface area contributed by atoms with Crippen LogP contribution in [0.5, 0.6) is 5.75 Å². The third-order valence-corrected chi connectivity index (χ3v) is 6.27. The van der Waals surface area contributed by atoms with Crippen LogP contribution in [0.1, 0.15) is 19.8 Å². The number of ether oxygens (including phenoxy) is 1. The fourth-order valence-electron chi connectivity index (χ4n) is 3.26. The van der Waals surface area contributed by atoms with E-state index in [1.54, 1.807) is 4.90 Å². The molecule has 6 heteroatoms. The van der Waals surface area contributed by atoms with Crippen molar-refractivity contribution in [3.05, 3.63) is 42.5 Å². The van der Waals surface area contributed by atoms with Gasteiger partial charge in [0.2, 0.25) is 0 Å². The first-order valence-electron chi connectivity index (χ1n) is 8.60. The van der Waals surface area contributed by atoms with Crippen LogP contribution in [-0.4, -0.2) is 49.9 Å². The molecule has 5 nitrogen and oxygen atoms in total. The molecule has 2 aromatic carbocycles. The number of carbonyl (C=O) groups excluding carboxylic acids is 1. The number of nitrogens with zero attached hydrogens (tertiary/aromatic N) is 1. The standard InChI is InChI=1S/C19H23NO4S/c1-2-10-20(17-9-11-25(22,23)14-17)19(21)13-24-18-8-7-15-5-3-4-6-16(15)12-18/h3-8,12,17H,2,9-11,13-14H2,1H3/t17-/m1/s1. The molecule has 0 unspecified atom stereocenters. The minimum Gasteiger partial charge on any atom is -0.484 e. The maximum absolute atomic E-state index is 12.6. The summed E-state index contributed by atoms with van der Waals surface area (Å²) < 4.78 is 29.1. The van der Waals surface area contributed by atoms with E-state index in [4.69, 9.17) is 4.74 Å². The van der Waals surface area contributed by atoms with Crippen LogP contribution in [-0.2, 0) is 14.6 Å². The van der Waals surface area contributed by atoms with E-state index in [0.717, 1.165) is 17.2 Å². The minimum atomic E-state index is -3.02. The topological polar surface area (TPSA) is 63.7 Å². The lowest BCUT2D eigenvalue weighted by atomic mass is 10.1. The van der Waals surface area contributed by atoms with Gasteiger partial charge in [-0.05, 0) is 35.7 Å². The molecule has 0 saturated carbocycles. The van der Waals surface area contributed by atoms with E-state index in [9.17, 15) is 13.2 Å². The van der Waals surface area contributed by atoms with Gasteiger partial charge < -0.3 is 9.64 Å². The van der Waals surface area contributed by atoms with E-state index in [2.05, 4.69) is 0 Å². The van der Waals surface area contributed by atoms with Crippen LogP contribution in [0.4, 0.5) is 0 Å². The number of hydrogen-bond acceptors (Lipinski definition) is 4. The first-order valence-corrected chi connectivity index (χ1v) is 10.4. The molecule has 1 aliphatic heterocycles. The molecule has 1 amide bonds. The van der Waals surface area contributed by atoms with Crippen molar-refractivity contribution in [1.82, 2.24) is 4.90 Å². The molecule has 1 saturated heterocycles. The second-order valence-electron chi connectivity index (χ2n) is 6.44. The Balaban J connectivity index is 1.66. The number of carbonyl (C=O) groups is 1. The predicted molar refractivity (Wildman–Crippen MR) is 98.5 cm³/mol. The smallest absolute Gasteiger partial charge is 0.260 e. The van der Waals surface area contributed by atoms with Crippen LogP contribution < -0.4 is 4.74 Å². The molecule has 3 rings (SSSR count). The Morgan fingerprint density at radius 1 is 1.20 bits per heavy atom. The molecule has 134 valence electrons. The summed E-state index contributed by atoms with van der Waals surface area (Å²) in [5, 5.41) is 2.17. The molecule has 0 N–H and O–H groups in total. The molecular formula is C19H23NO4S. The highest BCUT2D eigenvalue weighted by Crippen LogP contribution is 2.22. The molecule has 1 fully saturated rings. The van der Waals surface area contributed by atoms with Gasteiger partial charge in [0.25, 0.3) is 5.91 Å². The van der Waals surface area contributed by atoms with Crippen molar-refractivity contribution in [3.63, 3.8) is 0 Å². The summed E-state index contributed by atoms with van der Waals surface area (Å²) >= 11 is 0. The lowest BCUT2D eigenvalue weighted by Gasteiger charge is -2.27. The van der Waals surface area contributed by atoms with Gasteiger partial charge in [-0.15, -0.1) is 0 Å². The van der Waals surface area contributed by atoms with Crippen molar-refractivity contribution in [3.8, 4) is 5.75 Å². The second kappa shape index (κ2) is 7.44. The quantitative estimate of drug-likeness (QED) is 0.793. The Bertz CT molecular complexity index is 863. The molecule has 25 heavy (non-hydrogen) atoms. The lowest BCUT2D eigenvalue weighted by molar-refractivity contribution is -0.135. The van der Waals surface area contributed by atoms with Crippen LogP contribution in [0.25, 0.3) is 10.8 Å². The van der Waals surface area contributed by atoms with E-state index in [0.29, 0.717) is 18.7 Å². The average Bonchev–Trinajstić information content (AvgIpc) is 2.97. The zero-order valence-corrected chi connectivity index (χ0v) is 15.2. The van der Waals surface area contributed by atoms with E-state index < -0.39 is 9.84 Å². The second-order valence-corrected chi connectivity index (χ2v) is 8.67. The number of sulfone groups is 1. The summed E-state index contributed by atoms with van der Waals surface area (Å²) in [5.41, 5.74) is 0. The van der Waals surface area contributed by atoms with Gasteiger partial charge in [0, 0.05) is 12.6 Å². The highest BCUT2D eigenvalue weighted by atomic mass is 32.2. The van der Waals surface area contributed by atoms with Gasteiger partial charge in [0.05, 0.1) is 11.5 Å². The number of hydrogen-bond donors (Lipinski definition) is 0. The fourth-order valence-corrected chi connectivity index (χ4v) is 4.99. The molecule has 2 aromatic rings. The summed E-state index contributed by atoms with van der Waals surface area (Å²) in [6, 6.07) is 13.4. The molecule has 0 aliphatic carbocycles. The summed E-state index contributed by atoms with van der Waals surface area (Å²) in [6.07, 6.45) is 1.31. The fraction of sp³-hybridized carbons (Fsp3) is 0.421. The summed E-state index contributed by atoms with van der Waals surface area (Å²) in [5.74, 6) is 0.713. The van der Waals surface area contributed by atoms with Gasteiger partial charge in [-0.2, -0.15) is 0 Å². The van der Waals surface area contributed by atoms with Gasteiger partial charge >= 0.3 is 0 Å². The van der Waals surface area contributed by atoms with Crippen LogP contribution in [0.2, 0.25) is 0 Å². The van der Waals surface area contributed by atoms with Crippen LogP contribution >= 0.6 is 0 Å². The monoisotopic (exact) mass is 361 g/mol. The average molecular weight is 361 g/mol. The third-order valence-electron chi connectivity index (χ3n) is 4.52. The van der Waals surface area contributed by atoms with Crippen molar-refractivity contribution < 1.29 is 17.9 Å². The van der Waals surface area contributed by atoms with Crippen molar-refractivity contribution in [2.24, 2.45) is 0 Å². The Labute approximate surface area is 148 Å². The highest BCUT2D eigenvalue weighted by molar-refractivity contribution is 7.91. The molecular weight excluding hydrogens is 338 g/mol. The Kier molecular flexibility index (Phi) is 5.27. The number of fused-ring (bicyclic) bond motifs is 1. The SMILES string of the molecule is CCCN(C(=O)COc1ccc2ccccc2c1)[C@@H]1CCS(=O)(=O)C1. The highest BCUT2D eigenvalue weighted by Gasteiger charge is 2.34. The van der Waals surface area contributed by atoms with E-state index in [1.165, 1.54) is 0 Å². The van der Waals surface area contributed by atoms with Crippen LogP contribution in [0.3, 0.4) is 0 Å². The Morgan fingerprint density at radius 2 is 1.96 bits per heavy atom. The zero-order valence-electron chi connectivity index (χ0n) is 14.3. The van der Waals surface area contributed by atoms with Crippen molar-refractivity contribution in [1.29, 1.82) is 0 Å². The lowest BCUT2D eigenvalue weighted by Crippen LogP contribution is -2.44. The maximum atomic E-state index is 12.6. The van der Waals surface area contributed by atoms with Gasteiger partial charge in [-0.25, -0.2) is 8.42 Å². The van der Waals surface area contributed by atoms with Crippen molar-refractivity contribution in [2.75, 3.05) is 24.7 Å². The van der Waals surface area contributed by atoms with Gasteiger partial charge in [-0.1, -0.05) is 37.3 Å². The summed E-state index contributed by atoms with van der Waals surface area (Å²) in [7, 11) is -3.02. The molecule has 1 aliphatic rings. The minimum absolute atomic E-state index is 0.0642. The van der Waals surface area contributed by atoms with Crippen LogP contribution in [0, 0.1) is 0 Å². The van der Waals surface area contributed by atoms with Crippen molar-refractivity contribution >= 4 is 26.5 Å². The Hall–Kier alpha value is -2.08. The maximum Gasteiger partial charge on any atom is 0.260 e. The van der Waals surface area contributed by atoms with Crippen molar-refractivity contribution in [2.45, 2.75) is 25.8 Å². The number of benzene rings is 2. The first kappa shape index (κ1) is 17.7. The first-order chi connectivity index (χ1) is 12.0. The van der Waals surface area contributed by atoms with Gasteiger partial charge in [0.15, 0.2) is 16.4 Å². The molecule has 0 spiro atoms. The largest absolute Gasteiger partial charge is 0.484 e. The van der Waals surface area contributed by atoms with Gasteiger partial charge in [0.1, 0.15) is 5.75 Å². The van der Waals surface area contributed by atoms with Crippen LogP contribution in [0.15, 0.2) is 42.5 Å². The van der Waals surface area contributed by atoms with E-state index in [1.807, 2.05) is 49.4 Å². The number of amides is 1. The third kappa shape index (κ3) is 4.31. The molecule has 1 heterocycles. The molecule has 0 aromatic heterocycles. The summed E-state index contributed by atoms with van der Waals surface area (Å²) in [4.78, 5) is 14.2. The van der Waals surface area contributed by atoms with E-state index >= 15 is 0 Å². The Morgan fingerprint density at radius 3 is 2.64 bits per heavy atom. The molecule has 1 atom stereocenters. The molecule has 0 radical (unpaired) electrons. The summed E-state index contributed by atoms with van der Waals surface area (Å²) in [6.45, 7) is 2.46.